The van der Waals surface area contributed by atoms with Gasteiger partial charge in [-0.25, -0.2) is 0 Å². The van der Waals surface area contributed by atoms with Crippen LogP contribution >= 0.6 is 11.8 Å². The van der Waals surface area contributed by atoms with Crippen LogP contribution in [0.1, 0.15) is 13.8 Å². The normalized spacial score (nSPS) is 11.9. The Labute approximate surface area is 148 Å². The van der Waals surface area contributed by atoms with Crippen LogP contribution < -0.4 is 10.1 Å². The van der Waals surface area contributed by atoms with E-state index in [0.29, 0.717) is 23.3 Å². The molecule has 1 amide bonds. The van der Waals surface area contributed by atoms with E-state index in [1.165, 1.54) is 18.0 Å². The number of carbonyl (C=O) groups is 1. The number of furan rings is 1. The van der Waals surface area contributed by atoms with Crippen LogP contribution in [0, 0.1) is 0 Å². The Kier molecular flexibility index (Phi) is 5.39. The average molecular weight is 359 g/mol. The maximum absolute atomic E-state index is 12.3. The summed E-state index contributed by atoms with van der Waals surface area (Å²) < 4.78 is 16.1. The highest BCUT2D eigenvalue weighted by Gasteiger charge is 2.19. The van der Waals surface area contributed by atoms with Crippen LogP contribution in [0.15, 0.2) is 56.7 Å². The van der Waals surface area contributed by atoms with Crippen molar-refractivity contribution < 1.29 is 18.4 Å². The third-order valence-electron chi connectivity index (χ3n) is 3.22. The van der Waals surface area contributed by atoms with E-state index in [1.807, 2.05) is 19.1 Å². The van der Waals surface area contributed by atoms with Gasteiger partial charge in [-0.05, 0) is 50.2 Å². The number of anilines is 1. The van der Waals surface area contributed by atoms with Gasteiger partial charge in [0.05, 0.1) is 18.1 Å². The third-order valence-corrected chi connectivity index (χ3v) is 4.15. The van der Waals surface area contributed by atoms with Crippen molar-refractivity contribution in [2.75, 3.05) is 11.9 Å². The van der Waals surface area contributed by atoms with E-state index in [0.717, 1.165) is 5.75 Å². The first-order chi connectivity index (χ1) is 12.2. The molecule has 0 radical (unpaired) electrons. The van der Waals surface area contributed by atoms with Crippen molar-refractivity contribution in [1.82, 2.24) is 10.2 Å². The number of nitrogens with one attached hydrogen (secondary N) is 1. The second-order valence-electron chi connectivity index (χ2n) is 5.06. The van der Waals surface area contributed by atoms with Crippen molar-refractivity contribution >= 4 is 23.4 Å². The molecule has 0 aliphatic carbocycles. The fourth-order valence-electron chi connectivity index (χ4n) is 2.01. The van der Waals surface area contributed by atoms with Gasteiger partial charge in [-0.1, -0.05) is 11.8 Å². The van der Waals surface area contributed by atoms with E-state index < -0.39 is 5.25 Å². The lowest BCUT2D eigenvalue weighted by Crippen LogP contribution is -2.22. The molecule has 8 heteroatoms. The topological polar surface area (TPSA) is 90.4 Å². The molecule has 1 aromatic carbocycles. The van der Waals surface area contributed by atoms with Crippen LogP contribution in [-0.2, 0) is 4.79 Å². The van der Waals surface area contributed by atoms with Crippen molar-refractivity contribution in [2.24, 2.45) is 0 Å². The summed E-state index contributed by atoms with van der Waals surface area (Å²) in [7, 11) is 0. The fourth-order valence-corrected chi connectivity index (χ4v) is 2.69. The molecule has 1 unspecified atom stereocenters. The van der Waals surface area contributed by atoms with Crippen LogP contribution in [0.5, 0.6) is 5.75 Å². The molecule has 0 spiro atoms. The number of benzene rings is 1. The van der Waals surface area contributed by atoms with Gasteiger partial charge in [0, 0.05) is 5.69 Å². The van der Waals surface area contributed by atoms with Crippen LogP contribution in [0.3, 0.4) is 0 Å². The molecule has 1 N–H and O–H groups in total. The SMILES string of the molecule is CCOc1ccc(NC(=O)C(C)Sc2nnc(-c3ccco3)o2)cc1. The zero-order chi connectivity index (χ0) is 17.6. The van der Waals surface area contributed by atoms with Crippen LogP contribution in [0.25, 0.3) is 11.7 Å². The van der Waals surface area contributed by atoms with E-state index in [1.54, 1.807) is 31.2 Å². The van der Waals surface area contributed by atoms with E-state index in [4.69, 9.17) is 13.6 Å². The first kappa shape index (κ1) is 17.1. The van der Waals surface area contributed by atoms with Crippen LogP contribution in [0.4, 0.5) is 5.69 Å². The van der Waals surface area contributed by atoms with Crippen LogP contribution in [-0.4, -0.2) is 28.0 Å². The molecule has 130 valence electrons. The second kappa shape index (κ2) is 7.89. The Hall–Kier alpha value is -2.74. The fraction of sp³-hybridized carbons (Fsp3) is 0.235. The standard InChI is InChI=1S/C17H17N3O4S/c1-3-22-13-8-6-12(7-9-13)18-15(21)11(2)25-17-20-19-16(24-17)14-5-4-10-23-14/h4-11H,3H2,1-2H3,(H,18,21). The second-order valence-corrected chi connectivity index (χ2v) is 6.35. The van der Waals surface area contributed by atoms with Gasteiger partial charge in [-0.2, -0.15) is 0 Å². The molecule has 2 heterocycles. The molecule has 0 aliphatic heterocycles. The van der Waals surface area contributed by atoms with Gasteiger partial charge in [0.1, 0.15) is 5.75 Å². The summed E-state index contributed by atoms with van der Waals surface area (Å²) in [4.78, 5) is 12.3. The number of rotatable bonds is 7. The van der Waals surface area contributed by atoms with Crippen molar-refractivity contribution in [2.45, 2.75) is 24.3 Å². The highest BCUT2D eigenvalue weighted by molar-refractivity contribution is 8.00. The first-order valence-corrected chi connectivity index (χ1v) is 8.61. The summed E-state index contributed by atoms with van der Waals surface area (Å²) in [5.74, 6) is 1.38. The van der Waals surface area contributed by atoms with Gasteiger partial charge in [0.25, 0.3) is 11.1 Å². The van der Waals surface area contributed by atoms with Crippen molar-refractivity contribution in [3.63, 3.8) is 0 Å². The number of thioether (sulfide) groups is 1. The molecule has 3 aromatic rings. The molecule has 0 aliphatic rings. The predicted molar refractivity (Wildman–Crippen MR) is 93.6 cm³/mol. The molecular formula is C17H17N3O4S. The quantitative estimate of drug-likeness (QED) is 0.641. The number of aromatic nitrogens is 2. The number of hydrogen-bond acceptors (Lipinski definition) is 7. The van der Waals surface area contributed by atoms with Crippen molar-refractivity contribution in [1.29, 1.82) is 0 Å². The highest BCUT2D eigenvalue weighted by Crippen LogP contribution is 2.27. The smallest absolute Gasteiger partial charge is 0.284 e. The molecular weight excluding hydrogens is 342 g/mol. The summed E-state index contributed by atoms with van der Waals surface area (Å²) in [6, 6.07) is 10.7. The number of amides is 1. The summed E-state index contributed by atoms with van der Waals surface area (Å²) in [6.07, 6.45) is 1.53. The maximum atomic E-state index is 12.3. The largest absolute Gasteiger partial charge is 0.494 e. The molecule has 7 nitrogen and oxygen atoms in total. The Balaban J connectivity index is 1.57. The number of hydrogen-bond donors (Lipinski definition) is 1. The summed E-state index contributed by atoms with van der Waals surface area (Å²) in [6.45, 7) is 4.29. The molecule has 25 heavy (non-hydrogen) atoms. The lowest BCUT2D eigenvalue weighted by atomic mass is 10.3. The van der Waals surface area contributed by atoms with Gasteiger partial charge in [0.15, 0.2) is 5.76 Å². The van der Waals surface area contributed by atoms with Crippen LogP contribution in [0.2, 0.25) is 0 Å². The average Bonchev–Trinajstić information content (AvgIpc) is 3.28. The van der Waals surface area contributed by atoms with Gasteiger partial charge < -0.3 is 18.9 Å². The molecule has 0 saturated carbocycles. The number of ether oxygens (including phenoxy) is 1. The van der Waals surface area contributed by atoms with E-state index in [2.05, 4.69) is 15.5 Å². The zero-order valence-electron chi connectivity index (χ0n) is 13.8. The zero-order valence-corrected chi connectivity index (χ0v) is 14.6. The predicted octanol–water partition coefficient (Wildman–Crippen LogP) is 3.85. The van der Waals surface area contributed by atoms with E-state index in [-0.39, 0.29) is 11.8 Å². The first-order valence-electron chi connectivity index (χ1n) is 7.73. The van der Waals surface area contributed by atoms with Gasteiger partial charge in [-0.3, -0.25) is 4.79 Å². The van der Waals surface area contributed by atoms with Crippen molar-refractivity contribution in [3.05, 3.63) is 42.7 Å². The molecule has 2 aromatic heterocycles. The lowest BCUT2D eigenvalue weighted by Gasteiger charge is -2.10. The monoisotopic (exact) mass is 359 g/mol. The molecule has 0 saturated heterocycles. The lowest BCUT2D eigenvalue weighted by molar-refractivity contribution is -0.115. The molecule has 3 rings (SSSR count). The summed E-state index contributed by atoms with van der Waals surface area (Å²) in [5.41, 5.74) is 0.697. The minimum Gasteiger partial charge on any atom is -0.494 e. The Morgan fingerprint density at radius 3 is 2.76 bits per heavy atom. The molecule has 0 fully saturated rings. The Morgan fingerprint density at radius 1 is 1.28 bits per heavy atom. The van der Waals surface area contributed by atoms with Gasteiger partial charge in [-0.15, -0.1) is 10.2 Å². The van der Waals surface area contributed by atoms with E-state index >= 15 is 0 Å². The molecule has 0 bridgehead atoms. The van der Waals surface area contributed by atoms with Crippen molar-refractivity contribution in [3.8, 4) is 17.4 Å². The number of nitrogens with zero attached hydrogens (tertiary/aromatic N) is 2. The van der Waals surface area contributed by atoms with E-state index in [9.17, 15) is 4.79 Å². The Bertz CT molecular complexity index is 815. The van der Waals surface area contributed by atoms with Gasteiger partial charge in [0.2, 0.25) is 5.91 Å². The minimum atomic E-state index is -0.406. The summed E-state index contributed by atoms with van der Waals surface area (Å²) in [5, 5.41) is 10.6. The number of carbonyl (C=O) groups excluding carboxylic acids is 1. The maximum Gasteiger partial charge on any atom is 0.284 e. The highest BCUT2D eigenvalue weighted by atomic mass is 32.2. The minimum absolute atomic E-state index is 0.160. The van der Waals surface area contributed by atoms with Gasteiger partial charge >= 0.3 is 0 Å². The third kappa shape index (κ3) is 4.42. The Morgan fingerprint density at radius 2 is 2.08 bits per heavy atom. The summed E-state index contributed by atoms with van der Waals surface area (Å²) >= 11 is 1.18. The molecule has 1 atom stereocenters.